The van der Waals surface area contributed by atoms with Crippen molar-refractivity contribution in [2.24, 2.45) is 10.9 Å². The minimum atomic E-state index is 0. The molecule has 2 N–H and O–H groups in total. The fourth-order valence-corrected chi connectivity index (χ4v) is 3.67. The van der Waals surface area contributed by atoms with Crippen LogP contribution in [0.3, 0.4) is 0 Å². The third kappa shape index (κ3) is 7.19. The zero-order chi connectivity index (χ0) is 21.3. The Morgan fingerprint density at radius 2 is 1.52 bits per heavy atom. The lowest BCUT2D eigenvalue weighted by atomic mass is 9.99. The largest absolute Gasteiger partial charge is 0.493 e. The Hall–Kier alpha value is -2.16. The van der Waals surface area contributed by atoms with E-state index < -0.39 is 0 Å². The molecule has 0 bridgehead atoms. The van der Waals surface area contributed by atoms with E-state index in [1.807, 2.05) is 18.2 Å². The summed E-state index contributed by atoms with van der Waals surface area (Å²) in [5, 5.41) is 6.73. The molecule has 0 aromatic heterocycles. The van der Waals surface area contributed by atoms with Gasteiger partial charge in [-0.1, -0.05) is 25.1 Å². The van der Waals surface area contributed by atoms with Gasteiger partial charge in [-0.05, 0) is 54.2 Å². The van der Waals surface area contributed by atoms with E-state index in [4.69, 9.17) is 9.47 Å². The highest BCUT2D eigenvalue weighted by Gasteiger charge is 2.15. The van der Waals surface area contributed by atoms with E-state index in [-0.39, 0.29) is 24.0 Å². The van der Waals surface area contributed by atoms with Gasteiger partial charge in [0.2, 0.25) is 0 Å². The molecule has 1 aliphatic rings. The number of benzene rings is 2. The number of rotatable bonds is 7. The van der Waals surface area contributed by atoms with Crippen molar-refractivity contribution in [3.63, 3.8) is 0 Å². The average Bonchev–Trinajstić information content (AvgIpc) is 2.80. The van der Waals surface area contributed by atoms with Crippen LogP contribution in [0.1, 0.15) is 30.9 Å². The van der Waals surface area contributed by atoms with Gasteiger partial charge < -0.3 is 25.0 Å². The number of nitrogens with one attached hydrogen (secondary N) is 2. The summed E-state index contributed by atoms with van der Waals surface area (Å²) in [5.74, 6) is 3.07. The maximum atomic E-state index is 5.37. The zero-order valence-electron chi connectivity index (χ0n) is 19.0. The maximum absolute atomic E-state index is 5.37. The Morgan fingerprint density at radius 3 is 2.10 bits per heavy atom. The van der Waals surface area contributed by atoms with Gasteiger partial charge in [0.05, 0.1) is 14.2 Å². The number of hydrogen-bond donors (Lipinski definition) is 2. The van der Waals surface area contributed by atoms with Crippen molar-refractivity contribution in [1.29, 1.82) is 0 Å². The highest BCUT2D eigenvalue weighted by atomic mass is 127. The van der Waals surface area contributed by atoms with Gasteiger partial charge in [0, 0.05) is 38.9 Å². The van der Waals surface area contributed by atoms with Crippen LogP contribution in [0.25, 0.3) is 0 Å². The van der Waals surface area contributed by atoms with E-state index in [2.05, 4.69) is 51.7 Å². The maximum Gasteiger partial charge on any atom is 0.191 e. The molecule has 0 unspecified atom stereocenters. The van der Waals surface area contributed by atoms with Crippen LogP contribution in [-0.4, -0.2) is 40.3 Å². The summed E-state index contributed by atoms with van der Waals surface area (Å²) in [5.41, 5.74) is 3.65. The Balaban J connectivity index is 0.00000341. The van der Waals surface area contributed by atoms with Crippen molar-refractivity contribution in [3.8, 4) is 11.5 Å². The quantitative estimate of drug-likeness (QED) is 0.311. The van der Waals surface area contributed by atoms with Gasteiger partial charge in [-0.25, -0.2) is 0 Å². The van der Waals surface area contributed by atoms with Crippen LogP contribution < -0.4 is 25.0 Å². The third-order valence-electron chi connectivity index (χ3n) is 5.68. The average molecular weight is 538 g/mol. The Morgan fingerprint density at radius 1 is 0.935 bits per heavy atom. The van der Waals surface area contributed by atoms with Crippen LogP contribution in [0, 0.1) is 5.92 Å². The molecule has 6 nitrogen and oxygen atoms in total. The first-order valence-electron chi connectivity index (χ1n) is 10.6. The molecule has 2 aromatic carbocycles. The van der Waals surface area contributed by atoms with Crippen molar-refractivity contribution < 1.29 is 9.47 Å². The highest BCUT2D eigenvalue weighted by molar-refractivity contribution is 14.0. The number of nitrogens with zero attached hydrogens (tertiary/aromatic N) is 2. The van der Waals surface area contributed by atoms with E-state index in [1.54, 1.807) is 21.3 Å². The summed E-state index contributed by atoms with van der Waals surface area (Å²) in [4.78, 5) is 6.81. The molecular weight excluding hydrogens is 503 g/mol. The first-order chi connectivity index (χ1) is 14.6. The first-order valence-corrected chi connectivity index (χ1v) is 10.6. The van der Waals surface area contributed by atoms with Crippen molar-refractivity contribution in [2.45, 2.75) is 32.9 Å². The third-order valence-corrected chi connectivity index (χ3v) is 5.68. The predicted octanol–water partition coefficient (Wildman–Crippen LogP) is 4.42. The molecular formula is C24H35IN4O2. The summed E-state index contributed by atoms with van der Waals surface area (Å²) in [6.45, 7) is 6.03. The summed E-state index contributed by atoms with van der Waals surface area (Å²) < 4.78 is 10.7. The molecule has 1 heterocycles. The predicted molar refractivity (Wildman–Crippen MR) is 139 cm³/mol. The molecule has 2 aromatic rings. The van der Waals surface area contributed by atoms with Gasteiger partial charge in [-0.15, -0.1) is 24.0 Å². The number of anilines is 1. The van der Waals surface area contributed by atoms with Crippen LogP contribution in [-0.2, 0) is 13.1 Å². The van der Waals surface area contributed by atoms with Gasteiger partial charge in [-0.3, -0.25) is 4.99 Å². The lowest BCUT2D eigenvalue weighted by Crippen LogP contribution is -2.36. The summed E-state index contributed by atoms with van der Waals surface area (Å²) in [6.07, 6.45) is 2.57. The molecule has 7 heteroatoms. The summed E-state index contributed by atoms with van der Waals surface area (Å²) in [7, 11) is 5.07. The van der Waals surface area contributed by atoms with E-state index >= 15 is 0 Å². The molecule has 170 valence electrons. The molecule has 1 aliphatic heterocycles. The highest BCUT2D eigenvalue weighted by Crippen LogP contribution is 2.27. The van der Waals surface area contributed by atoms with Crippen LogP contribution in [0.15, 0.2) is 47.5 Å². The number of aliphatic imine (C=N–C) groups is 1. The second-order valence-corrected chi connectivity index (χ2v) is 7.80. The lowest BCUT2D eigenvalue weighted by Gasteiger charge is -2.32. The van der Waals surface area contributed by atoms with Crippen LogP contribution >= 0.6 is 24.0 Å². The first kappa shape index (κ1) is 25.1. The van der Waals surface area contributed by atoms with E-state index in [0.717, 1.165) is 48.6 Å². The Kier molecular flexibility index (Phi) is 10.2. The topological polar surface area (TPSA) is 58.1 Å². The van der Waals surface area contributed by atoms with E-state index in [9.17, 15) is 0 Å². The Bertz CT molecular complexity index is 834. The lowest BCUT2D eigenvalue weighted by molar-refractivity contribution is 0.354. The van der Waals surface area contributed by atoms with Crippen molar-refractivity contribution in [1.82, 2.24) is 10.6 Å². The van der Waals surface area contributed by atoms with Gasteiger partial charge in [0.15, 0.2) is 17.5 Å². The fraction of sp³-hybridized carbons (Fsp3) is 0.458. The second kappa shape index (κ2) is 12.6. The number of ether oxygens (including phenoxy) is 2. The van der Waals surface area contributed by atoms with Gasteiger partial charge in [0.1, 0.15) is 0 Å². The monoisotopic (exact) mass is 538 g/mol. The van der Waals surface area contributed by atoms with Crippen LogP contribution in [0.2, 0.25) is 0 Å². The van der Waals surface area contributed by atoms with Crippen LogP contribution in [0.5, 0.6) is 11.5 Å². The Labute approximate surface area is 203 Å². The minimum Gasteiger partial charge on any atom is -0.493 e. The van der Waals surface area contributed by atoms with E-state index in [0.29, 0.717) is 6.54 Å². The molecule has 0 spiro atoms. The number of methoxy groups -OCH3 is 2. The van der Waals surface area contributed by atoms with Crippen LogP contribution in [0.4, 0.5) is 5.69 Å². The van der Waals surface area contributed by atoms with Gasteiger partial charge in [0.25, 0.3) is 0 Å². The smallest absolute Gasteiger partial charge is 0.191 e. The number of guanidine groups is 1. The molecule has 1 fully saturated rings. The molecule has 0 radical (unpaired) electrons. The van der Waals surface area contributed by atoms with Gasteiger partial charge in [-0.2, -0.15) is 0 Å². The fourth-order valence-electron chi connectivity index (χ4n) is 3.67. The number of piperidine rings is 1. The summed E-state index contributed by atoms with van der Waals surface area (Å²) in [6, 6.07) is 14.8. The zero-order valence-corrected chi connectivity index (χ0v) is 21.3. The molecule has 0 atom stereocenters. The molecule has 1 saturated heterocycles. The standard InChI is InChI=1S/C24H34N4O2.HI/c1-18-11-13-28(14-12-18)21-8-5-19(6-9-21)16-26-24(25-2)27-17-20-7-10-22(29-3)23(15-20)30-4;/h5-10,15,18H,11-14,16-17H2,1-4H3,(H2,25,26,27);1H. The van der Waals surface area contributed by atoms with Crippen molar-refractivity contribution in [3.05, 3.63) is 53.6 Å². The molecule has 0 amide bonds. The molecule has 3 rings (SSSR count). The molecule has 0 saturated carbocycles. The summed E-state index contributed by atoms with van der Waals surface area (Å²) >= 11 is 0. The van der Waals surface area contributed by atoms with Gasteiger partial charge >= 0.3 is 0 Å². The molecule has 31 heavy (non-hydrogen) atoms. The number of halogens is 1. The number of hydrogen-bond acceptors (Lipinski definition) is 4. The van der Waals surface area contributed by atoms with Crippen molar-refractivity contribution >= 4 is 35.6 Å². The van der Waals surface area contributed by atoms with E-state index in [1.165, 1.54) is 24.1 Å². The van der Waals surface area contributed by atoms with Crippen molar-refractivity contribution in [2.75, 3.05) is 39.3 Å². The second-order valence-electron chi connectivity index (χ2n) is 7.80. The SMILES string of the molecule is CN=C(NCc1ccc(N2CCC(C)CC2)cc1)NCc1ccc(OC)c(OC)c1.I. The normalized spacial score (nSPS) is 14.6. The molecule has 0 aliphatic carbocycles. The minimum absolute atomic E-state index is 0.